The van der Waals surface area contributed by atoms with Gasteiger partial charge in [-0.3, -0.25) is 9.59 Å². The summed E-state index contributed by atoms with van der Waals surface area (Å²) in [4.78, 5) is 26.1. The van der Waals surface area contributed by atoms with Gasteiger partial charge in [-0.2, -0.15) is 0 Å². The molecule has 4 nitrogen and oxygen atoms in total. The Morgan fingerprint density at radius 3 is 2.58 bits per heavy atom. The number of likely N-dealkylation sites (tertiary alicyclic amines) is 1. The summed E-state index contributed by atoms with van der Waals surface area (Å²) < 4.78 is 13.6. The number of carbonyl (C=O) groups is 2. The van der Waals surface area contributed by atoms with Gasteiger partial charge in [0.1, 0.15) is 5.82 Å². The first-order chi connectivity index (χ1) is 11.6. The van der Waals surface area contributed by atoms with Crippen molar-refractivity contribution in [1.82, 2.24) is 10.2 Å². The molecule has 0 aromatic heterocycles. The first kappa shape index (κ1) is 16.2. The maximum Gasteiger partial charge on any atom is 0.225 e. The van der Waals surface area contributed by atoms with Gasteiger partial charge in [-0.25, -0.2) is 4.39 Å². The van der Waals surface area contributed by atoms with Gasteiger partial charge in [-0.05, 0) is 11.6 Å². The predicted octanol–water partition coefficient (Wildman–Crippen LogP) is 2.49. The number of halogens is 1. The molecule has 1 atom stereocenters. The summed E-state index contributed by atoms with van der Waals surface area (Å²) in [5.74, 6) is -0.953. The van der Waals surface area contributed by atoms with E-state index in [1.807, 2.05) is 30.3 Å². The van der Waals surface area contributed by atoms with E-state index in [2.05, 4.69) is 5.32 Å². The predicted molar refractivity (Wildman–Crippen MR) is 88.2 cm³/mol. The first-order valence-electron chi connectivity index (χ1n) is 7.96. The summed E-state index contributed by atoms with van der Waals surface area (Å²) in [5, 5.41) is 2.73. The van der Waals surface area contributed by atoms with E-state index in [-0.39, 0.29) is 36.5 Å². The fourth-order valence-corrected chi connectivity index (χ4v) is 2.87. The Kier molecular flexibility index (Phi) is 4.89. The zero-order valence-corrected chi connectivity index (χ0v) is 13.2. The molecule has 0 radical (unpaired) electrons. The van der Waals surface area contributed by atoms with Crippen LogP contribution in [-0.2, 0) is 22.7 Å². The number of nitrogens with zero attached hydrogens (tertiary/aromatic N) is 1. The number of carbonyl (C=O) groups excluding carboxylic acids is 2. The molecular formula is C19H19FN2O2. The summed E-state index contributed by atoms with van der Waals surface area (Å²) in [6, 6.07) is 16.0. The second-order valence-electron chi connectivity index (χ2n) is 5.97. The van der Waals surface area contributed by atoms with Gasteiger partial charge in [-0.1, -0.05) is 48.5 Å². The molecule has 0 saturated carbocycles. The highest BCUT2D eigenvalue weighted by Gasteiger charge is 2.34. The van der Waals surface area contributed by atoms with Gasteiger partial charge in [0.25, 0.3) is 0 Å². The van der Waals surface area contributed by atoms with E-state index < -0.39 is 0 Å². The Bertz CT molecular complexity index is 733. The lowest BCUT2D eigenvalue weighted by molar-refractivity contribution is -0.129. The van der Waals surface area contributed by atoms with Gasteiger partial charge in [0.15, 0.2) is 0 Å². The number of benzene rings is 2. The molecule has 1 aliphatic rings. The molecule has 1 aliphatic heterocycles. The summed E-state index contributed by atoms with van der Waals surface area (Å²) in [6.07, 6.45) is 0.204. The van der Waals surface area contributed by atoms with Crippen LogP contribution in [0.4, 0.5) is 4.39 Å². The normalized spacial score (nSPS) is 17.1. The fraction of sp³-hybridized carbons (Fsp3) is 0.263. The molecule has 1 fully saturated rings. The maximum atomic E-state index is 13.6. The van der Waals surface area contributed by atoms with Gasteiger partial charge in [0.05, 0.1) is 5.92 Å². The minimum absolute atomic E-state index is 0.0232. The molecule has 1 N–H and O–H groups in total. The minimum atomic E-state index is -0.381. The number of rotatable bonds is 5. The summed E-state index contributed by atoms with van der Waals surface area (Å²) in [7, 11) is 0. The molecule has 3 rings (SSSR count). The summed E-state index contributed by atoms with van der Waals surface area (Å²) >= 11 is 0. The highest BCUT2D eigenvalue weighted by Crippen LogP contribution is 2.20. The van der Waals surface area contributed by atoms with Gasteiger partial charge < -0.3 is 10.2 Å². The van der Waals surface area contributed by atoms with Crippen LogP contribution >= 0.6 is 0 Å². The number of hydrogen-bond donors (Lipinski definition) is 1. The van der Waals surface area contributed by atoms with Crippen molar-refractivity contribution in [3.63, 3.8) is 0 Å². The number of nitrogens with one attached hydrogen (secondary N) is 1. The van der Waals surface area contributed by atoms with Crippen molar-refractivity contribution in [3.8, 4) is 0 Å². The second kappa shape index (κ2) is 7.25. The van der Waals surface area contributed by atoms with E-state index in [0.29, 0.717) is 18.7 Å². The number of hydrogen-bond acceptors (Lipinski definition) is 2. The number of amides is 2. The van der Waals surface area contributed by atoms with E-state index in [9.17, 15) is 14.0 Å². The van der Waals surface area contributed by atoms with Crippen molar-refractivity contribution in [3.05, 3.63) is 71.5 Å². The average molecular weight is 326 g/mol. The van der Waals surface area contributed by atoms with Crippen LogP contribution in [0.2, 0.25) is 0 Å². The molecule has 1 saturated heterocycles. The topological polar surface area (TPSA) is 49.4 Å². The molecule has 0 spiro atoms. The molecule has 0 bridgehead atoms. The average Bonchev–Trinajstić information content (AvgIpc) is 2.96. The van der Waals surface area contributed by atoms with Crippen LogP contribution < -0.4 is 5.32 Å². The summed E-state index contributed by atoms with van der Waals surface area (Å²) in [6.45, 7) is 1.04. The molecule has 2 amide bonds. The Balaban J connectivity index is 1.55. The fourth-order valence-electron chi connectivity index (χ4n) is 2.87. The van der Waals surface area contributed by atoms with Crippen molar-refractivity contribution in [2.24, 2.45) is 5.92 Å². The highest BCUT2D eigenvalue weighted by atomic mass is 19.1. The SMILES string of the molecule is O=C(NCc1ccccc1F)C1CC(=O)N(Cc2ccccc2)C1. The molecule has 1 heterocycles. The van der Waals surface area contributed by atoms with E-state index in [1.54, 1.807) is 23.1 Å². The Morgan fingerprint density at radius 2 is 1.83 bits per heavy atom. The van der Waals surface area contributed by atoms with Crippen LogP contribution in [0.5, 0.6) is 0 Å². The highest BCUT2D eigenvalue weighted by molar-refractivity contribution is 5.89. The van der Waals surface area contributed by atoms with Crippen LogP contribution in [0.25, 0.3) is 0 Å². The maximum absolute atomic E-state index is 13.6. The van der Waals surface area contributed by atoms with Crippen LogP contribution in [0.1, 0.15) is 17.5 Å². The smallest absolute Gasteiger partial charge is 0.225 e. The Labute approximate surface area is 140 Å². The largest absolute Gasteiger partial charge is 0.352 e. The monoisotopic (exact) mass is 326 g/mol. The minimum Gasteiger partial charge on any atom is -0.352 e. The van der Waals surface area contributed by atoms with Gasteiger partial charge in [0.2, 0.25) is 11.8 Å². The second-order valence-corrected chi connectivity index (χ2v) is 5.97. The molecule has 24 heavy (non-hydrogen) atoms. The third-order valence-electron chi connectivity index (χ3n) is 4.21. The van der Waals surface area contributed by atoms with E-state index in [0.717, 1.165) is 5.56 Å². The Morgan fingerprint density at radius 1 is 1.12 bits per heavy atom. The van der Waals surface area contributed by atoms with E-state index in [1.165, 1.54) is 6.07 Å². The molecular weight excluding hydrogens is 307 g/mol. The van der Waals surface area contributed by atoms with Crippen molar-refractivity contribution in [1.29, 1.82) is 0 Å². The van der Waals surface area contributed by atoms with Gasteiger partial charge in [0, 0.05) is 31.6 Å². The van der Waals surface area contributed by atoms with Crippen LogP contribution in [0.15, 0.2) is 54.6 Å². The lowest BCUT2D eigenvalue weighted by Crippen LogP contribution is -2.32. The molecule has 2 aromatic rings. The Hall–Kier alpha value is -2.69. The van der Waals surface area contributed by atoms with Gasteiger partial charge >= 0.3 is 0 Å². The van der Waals surface area contributed by atoms with Crippen molar-refractivity contribution in [2.45, 2.75) is 19.5 Å². The third-order valence-corrected chi connectivity index (χ3v) is 4.21. The van der Waals surface area contributed by atoms with Gasteiger partial charge in [-0.15, -0.1) is 0 Å². The quantitative estimate of drug-likeness (QED) is 0.918. The van der Waals surface area contributed by atoms with Crippen molar-refractivity contribution in [2.75, 3.05) is 6.54 Å². The zero-order valence-electron chi connectivity index (χ0n) is 13.2. The molecule has 5 heteroatoms. The van der Waals surface area contributed by atoms with Crippen LogP contribution in [0.3, 0.4) is 0 Å². The van der Waals surface area contributed by atoms with Crippen molar-refractivity contribution >= 4 is 11.8 Å². The van der Waals surface area contributed by atoms with E-state index >= 15 is 0 Å². The molecule has 0 aliphatic carbocycles. The molecule has 2 aromatic carbocycles. The lowest BCUT2D eigenvalue weighted by Gasteiger charge is -2.16. The lowest BCUT2D eigenvalue weighted by atomic mass is 10.1. The van der Waals surface area contributed by atoms with Crippen LogP contribution in [-0.4, -0.2) is 23.3 Å². The first-order valence-corrected chi connectivity index (χ1v) is 7.96. The third kappa shape index (κ3) is 3.79. The molecule has 1 unspecified atom stereocenters. The standard InChI is InChI=1S/C19H19FN2O2/c20-17-9-5-4-8-15(17)11-21-19(24)16-10-18(23)22(13-16)12-14-6-2-1-3-7-14/h1-9,16H,10-13H2,(H,21,24). The van der Waals surface area contributed by atoms with E-state index in [4.69, 9.17) is 0 Å². The van der Waals surface area contributed by atoms with Crippen LogP contribution in [0, 0.1) is 11.7 Å². The zero-order chi connectivity index (χ0) is 16.9. The molecule has 124 valence electrons. The summed E-state index contributed by atoms with van der Waals surface area (Å²) in [5.41, 5.74) is 1.48. The van der Waals surface area contributed by atoms with Crippen molar-refractivity contribution < 1.29 is 14.0 Å².